The van der Waals surface area contributed by atoms with Crippen LogP contribution in [0.4, 0.5) is 0 Å². The van der Waals surface area contributed by atoms with Gasteiger partial charge in [0.1, 0.15) is 35.6 Å². The van der Waals surface area contributed by atoms with Crippen molar-refractivity contribution >= 4 is 11.6 Å². The number of aryl methyl sites for hydroxylation is 1. The van der Waals surface area contributed by atoms with Gasteiger partial charge in [-0.2, -0.15) is 0 Å². The average Bonchev–Trinajstić information content (AvgIpc) is 3.52. The zero-order valence-electron chi connectivity index (χ0n) is 19.5. The van der Waals surface area contributed by atoms with Gasteiger partial charge in [0.25, 0.3) is 5.91 Å². The molecule has 0 aliphatic rings. The highest BCUT2D eigenvalue weighted by Gasteiger charge is 2.22. The Morgan fingerprint density at radius 1 is 1.03 bits per heavy atom. The maximum Gasteiger partial charge on any atom is 0.252 e. The van der Waals surface area contributed by atoms with Crippen molar-refractivity contribution in [3.63, 3.8) is 0 Å². The summed E-state index contributed by atoms with van der Waals surface area (Å²) in [6, 6.07) is 20.1. The number of amides is 1. The van der Waals surface area contributed by atoms with Gasteiger partial charge in [0.2, 0.25) is 0 Å². The number of nitrogens with one attached hydrogen (secondary N) is 1. The van der Waals surface area contributed by atoms with E-state index in [0.717, 1.165) is 28.5 Å². The van der Waals surface area contributed by atoms with Crippen LogP contribution < -0.4 is 14.8 Å². The molecular formula is C27H25N5O3. The number of carbonyl (C=O) groups is 1. The highest BCUT2D eigenvalue weighted by Crippen LogP contribution is 2.24. The maximum absolute atomic E-state index is 13.3. The Morgan fingerprint density at radius 2 is 1.89 bits per heavy atom. The molecule has 1 N–H and O–H groups in total. The van der Waals surface area contributed by atoms with Gasteiger partial charge in [0, 0.05) is 37.4 Å². The lowest BCUT2D eigenvalue weighted by atomic mass is 10.0. The molecule has 0 unspecified atom stereocenters. The molecule has 0 spiro atoms. The molecule has 3 heterocycles. The molecule has 8 heteroatoms. The minimum absolute atomic E-state index is 0.230. The van der Waals surface area contributed by atoms with Gasteiger partial charge in [-0.3, -0.25) is 4.79 Å². The normalized spacial score (nSPS) is 11.8. The van der Waals surface area contributed by atoms with Gasteiger partial charge < -0.3 is 23.8 Å². The lowest BCUT2D eigenvalue weighted by molar-refractivity contribution is 0.0940. The zero-order valence-corrected chi connectivity index (χ0v) is 19.5. The molecule has 0 bridgehead atoms. The number of aromatic nitrogens is 4. The Kier molecular flexibility index (Phi) is 6.17. The number of pyridine rings is 1. The Balaban J connectivity index is 1.33. The van der Waals surface area contributed by atoms with Crippen LogP contribution in [-0.4, -0.2) is 32.0 Å². The lowest BCUT2D eigenvalue weighted by Crippen LogP contribution is -2.31. The van der Waals surface area contributed by atoms with Crippen molar-refractivity contribution in [1.82, 2.24) is 24.3 Å². The van der Waals surface area contributed by atoms with Crippen LogP contribution in [0.5, 0.6) is 11.5 Å². The molecule has 5 rings (SSSR count). The number of hydrogen-bond acceptors (Lipinski definition) is 5. The first-order valence-electron chi connectivity index (χ1n) is 11.2. The van der Waals surface area contributed by atoms with E-state index in [2.05, 4.69) is 15.3 Å². The largest absolute Gasteiger partial charge is 0.497 e. The van der Waals surface area contributed by atoms with Crippen LogP contribution in [0, 0.1) is 0 Å². The molecule has 0 aliphatic heterocycles. The van der Waals surface area contributed by atoms with Crippen LogP contribution in [0.3, 0.4) is 0 Å². The third-order valence-electron chi connectivity index (χ3n) is 5.74. The van der Waals surface area contributed by atoms with E-state index in [1.54, 1.807) is 31.5 Å². The second-order valence-electron chi connectivity index (χ2n) is 8.09. The Bertz CT molecular complexity index is 1420. The fraction of sp³-hybridized carbons (Fsp3) is 0.148. The molecule has 2 aromatic carbocycles. The zero-order chi connectivity index (χ0) is 24.2. The fourth-order valence-corrected chi connectivity index (χ4v) is 3.90. The number of fused-ring (bicyclic) bond motifs is 1. The van der Waals surface area contributed by atoms with Gasteiger partial charge in [-0.15, -0.1) is 0 Å². The summed E-state index contributed by atoms with van der Waals surface area (Å²) in [6.07, 6.45) is 7.44. The number of benzene rings is 2. The Hall–Kier alpha value is -4.59. The molecule has 1 atom stereocenters. The second kappa shape index (κ2) is 9.72. The van der Waals surface area contributed by atoms with E-state index < -0.39 is 6.04 Å². The molecule has 0 radical (unpaired) electrons. The Labute approximate surface area is 202 Å². The molecule has 0 saturated carbocycles. The smallest absolute Gasteiger partial charge is 0.252 e. The van der Waals surface area contributed by atoms with Crippen LogP contribution >= 0.6 is 0 Å². The third-order valence-corrected chi connectivity index (χ3v) is 5.74. The van der Waals surface area contributed by atoms with Crippen molar-refractivity contribution in [2.75, 3.05) is 7.11 Å². The topological polar surface area (TPSA) is 82.7 Å². The molecule has 0 fully saturated rings. The average molecular weight is 468 g/mol. The van der Waals surface area contributed by atoms with Crippen molar-refractivity contribution in [3.8, 4) is 11.5 Å². The van der Waals surface area contributed by atoms with E-state index >= 15 is 0 Å². The monoisotopic (exact) mass is 467 g/mol. The van der Waals surface area contributed by atoms with Crippen molar-refractivity contribution in [1.29, 1.82) is 0 Å². The number of rotatable bonds is 8. The summed E-state index contributed by atoms with van der Waals surface area (Å²) in [7, 11) is 3.52. The van der Waals surface area contributed by atoms with Gasteiger partial charge in [0.05, 0.1) is 12.8 Å². The first kappa shape index (κ1) is 22.2. The minimum Gasteiger partial charge on any atom is -0.497 e. The van der Waals surface area contributed by atoms with E-state index in [9.17, 15) is 4.79 Å². The summed E-state index contributed by atoms with van der Waals surface area (Å²) < 4.78 is 15.0. The molecule has 176 valence electrons. The molecule has 0 saturated heterocycles. The number of carbonyl (C=O) groups excluding carboxylic acids is 1. The van der Waals surface area contributed by atoms with Crippen molar-refractivity contribution < 1.29 is 14.3 Å². The van der Waals surface area contributed by atoms with Crippen LogP contribution in [0.1, 0.15) is 33.5 Å². The number of hydrogen-bond donors (Lipinski definition) is 1. The van der Waals surface area contributed by atoms with Gasteiger partial charge in [-0.1, -0.05) is 24.3 Å². The molecular weight excluding hydrogens is 442 g/mol. The SMILES string of the molecule is COc1ccc([C@@H](NC(=O)c2cccc(OCc3cn4ccccc4n3)c2)c2nccn2C)cc1. The van der Waals surface area contributed by atoms with Gasteiger partial charge in [0.15, 0.2) is 0 Å². The van der Waals surface area contributed by atoms with Gasteiger partial charge in [-0.05, 0) is 48.0 Å². The minimum atomic E-state index is -0.434. The van der Waals surface area contributed by atoms with E-state index in [0.29, 0.717) is 17.9 Å². The number of nitrogens with zero attached hydrogens (tertiary/aromatic N) is 4. The predicted molar refractivity (Wildman–Crippen MR) is 131 cm³/mol. The Morgan fingerprint density at radius 3 is 2.63 bits per heavy atom. The van der Waals surface area contributed by atoms with E-state index in [4.69, 9.17) is 9.47 Å². The van der Waals surface area contributed by atoms with Gasteiger partial charge in [-0.25, -0.2) is 9.97 Å². The number of imidazole rings is 2. The summed E-state index contributed by atoms with van der Waals surface area (Å²) in [6.45, 7) is 0.300. The maximum atomic E-state index is 13.3. The molecule has 1 amide bonds. The van der Waals surface area contributed by atoms with Crippen LogP contribution in [0.25, 0.3) is 5.65 Å². The van der Waals surface area contributed by atoms with E-state index in [1.165, 1.54) is 0 Å². The van der Waals surface area contributed by atoms with E-state index in [1.807, 2.05) is 83.1 Å². The summed E-state index contributed by atoms with van der Waals surface area (Å²) in [5.74, 6) is 1.83. The van der Waals surface area contributed by atoms with Crippen molar-refractivity contribution in [2.45, 2.75) is 12.6 Å². The standard InChI is InChI=1S/C27H25N5O3/c1-31-15-13-28-26(31)25(19-9-11-22(34-2)12-10-19)30-27(33)20-6-5-7-23(16-20)35-18-21-17-32-14-4-3-8-24(32)29-21/h3-17,25H,18H2,1-2H3,(H,30,33)/t25-/m1/s1. The highest BCUT2D eigenvalue weighted by atomic mass is 16.5. The van der Waals surface area contributed by atoms with Crippen LogP contribution in [0.2, 0.25) is 0 Å². The number of methoxy groups -OCH3 is 1. The van der Waals surface area contributed by atoms with Gasteiger partial charge >= 0.3 is 0 Å². The molecule has 8 nitrogen and oxygen atoms in total. The fourth-order valence-electron chi connectivity index (χ4n) is 3.90. The van der Waals surface area contributed by atoms with E-state index in [-0.39, 0.29) is 5.91 Å². The quantitative estimate of drug-likeness (QED) is 0.370. The van der Waals surface area contributed by atoms with Crippen molar-refractivity contribution in [3.05, 3.63) is 114 Å². The summed E-state index contributed by atoms with van der Waals surface area (Å²) in [4.78, 5) is 22.3. The first-order valence-corrected chi connectivity index (χ1v) is 11.2. The lowest BCUT2D eigenvalue weighted by Gasteiger charge is -2.20. The molecule has 0 aliphatic carbocycles. The van der Waals surface area contributed by atoms with Crippen LogP contribution in [-0.2, 0) is 13.7 Å². The summed E-state index contributed by atoms with van der Waals surface area (Å²) >= 11 is 0. The number of ether oxygens (including phenoxy) is 2. The summed E-state index contributed by atoms with van der Waals surface area (Å²) in [5.41, 5.74) is 3.05. The highest BCUT2D eigenvalue weighted by molar-refractivity contribution is 5.95. The van der Waals surface area contributed by atoms with Crippen molar-refractivity contribution in [2.24, 2.45) is 7.05 Å². The third kappa shape index (κ3) is 4.86. The van der Waals surface area contributed by atoms with Crippen LogP contribution in [0.15, 0.2) is 91.5 Å². The molecule has 3 aromatic heterocycles. The predicted octanol–water partition coefficient (Wildman–Crippen LogP) is 4.17. The second-order valence-corrected chi connectivity index (χ2v) is 8.09. The molecule has 5 aromatic rings. The first-order chi connectivity index (χ1) is 17.1. The summed E-state index contributed by atoms with van der Waals surface area (Å²) in [5, 5.41) is 3.11. The molecule has 35 heavy (non-hydrogen) atoms.